The Labute approximate surface area is 198 Å². The van der Waals surface area contributed by atoms with Gasteiger partial charge in [0.1, 0.15) is 5.82 Å². The topological polar surface area (TPSA) is 72.9 Å². The van der Waals surface area contributed by atoms with Crippen molar-refractivity contribution in [3.63, 3.8) is 0 Å². The van der Waals surface area contributed by atoms with Crippen LogP contribution in [0.1, 0.15) is 16.8 Å². The molecule has 2 aliphatic heterocycles. The normalized spacial score (nSPS) is 19.0. The third-order valence-electron chi connectivity index (χ3n) is 6.20. The van der Waals surface area contributed by atoms with Crippen LogP contribution >= 0.6 is 0 Å². The van der Waals surface area contributed by atoms with E-state index < -0.39 is 21.8 Å². The third-order valence-corrected chi connectivity index (χ3v) is 8.05. The maximum atomic E-state index is 12.9. The molecular formula is C22H29F3N6O2S. The number of piperazine rings is 2. The van der Waals surface area contributed by atoms with E-state index in [2.05, 4.69) is 21.8 Å². The fourth-order valence-corrected chi connectivity index (χ4v) is 5.65. The lowest BCUT2D eigenvalue weighted by molar-refractivity contribution is -0.137. The summed E-state index contributed by atoms with van der Waals surface area (Å²) in [5.74, 6) is 1.14. The highest BCUT2D eigenvalue weighted by molar-refractivity contribution is 7.88. The highest BCUT2D eigenvalue weighted by Crippen LogP contribution is 2.29. The zero-order chi connectivity index (χ0) is 24.5. The standard InChI is InChI=1S/C22H29F3N6O2S/c1-17-15-20(29-9-7-28(2)8-10-29)27-21(26-17)30-11-13-31(14-12-30)34(32,33)16-18-3-5-19(6-4-18)22(23,24)25/h3-6,15H,7-14,16H2,1-2H3. The van der Waals surface area contributed by atoms with Crippen molar-refractivity contribution in [3.8, 4) is 0 Å². The average Bonchev–Trinajstić information content (AvgIpc) is 2.79. The van der Waals surface area contributed by atoms with Gasteiger partial charge in [-0.3, -0.25) is 0 Å². The fourth-order valence-electron chi connectivity index (χ4n) is 4.13. The summed E-state index contributed by atoms with van der Waals surface area (Å²) in [7, 11) is -1.56. The number of alkyl halides is 3. The van der Waals surface area contributed by atoms with E-state index >= 15 is 0 Å². The molecule has 1 aromatic heterocycles. The van der Waals surface area contributed by atoms with Crippen LogP contribution in [0, 0.1) is 6.92 Å². The zero-order valence-corrected chi connectivity index (χ0v) is 20.1. The van der Waals surface area contributed by atoms with Crippen molar-refractivity contribution in [1.82, 2.24) is 19.2 Å². The van der Waals surface area contributed by atoms with Gasteiger partial charge < -0.3 is 14.7 Å². The molecule has 2 aromatic rings. The van der Waals surface area contributed by atoms with Crippen LogP contribution in [0.5, 0.6) is 0 Å². The maximum absolute atomic E-state index is 12.9. The van der Waals surface area contributed by atoms with Gasteiger partial charge in [-0.1, -0.05) is 12.1 Å². The van der Waals surface area contributed by atoms with E-state index in [-0.39, 0.29) is 18.8 Å². The van der Waals surface area contributed by atoms with Crippen molar-refractivity contribution in [2.45, 2.75) is 18.9 Å². The molecule has 0 bridgehead atoms. The number of hydrogen-bond acceptors (Lipinski definition) is 7. The summed E-state index contributed by atoms with van der Waals surface area (Å²) < 4.78 is 65.4. The van der Waals surface area contributed by atoms with Crippen molar-refractivity contribution in [1.29, 1.82) is 0 Å². The van der Waals surface area contributed by atoms with Crippen molar-refractivity contribution in [2.24, 2.45) is 0 Å². The van der Waals surface area contributed by atoms with Crippen LogP contribution in [0.2, 0.25) is 0 Å². The van der Waals surface area contributed by atoms with Gasteiger partial charge in [0.2, 0.25) is 16.0 Å². The number of halogens is 3. The first-order valence-corrected chi connectivity index (χ1v) is 12.8. The Morgan fingerprint density at radius 2 is 1.47 bits per heavy atom. The summed E-state index contributed by atoms with van der Waals surface area (Å²) >= 11 is 0. The molecule has 0 saturated carbocycles. The Kier molecular flexibility index (Phi) is 7.02. The Morgan fingerprint density at radius 3 is 2.06 bits per heavy atom. The summed E-state index contributed by atoms with van der Waals surface area (Å²) in [6, 6.07) is 6.24. The molecule has 1 aromatic carbocycles. The van der Waals surface area contributed by atoms with E-state index in [0.29, 0.717) is 24.6 Å². The Hall–Kier alpha value is -2.44. The van der Waals surface area contributed by atoms with Crippen molar-refractivity contribution < 1.29 is 21.6 Å². The number of aromatic nitrogens is 2. The SMILES string of the molecule is Cc1cc(N2CCN(C)CC2)nc(N2CCN(S(=O)(=O)Cc3ccc(C(F)(F)F)cc3)CC2)n1. The number of hydrogen-bond donors (Lipinski definition) is 0. The molecule has 0 unspecified atom stereocenters. The van der Waals surface area contributed by atoms with E-state index in [1.165, 1.54) is 16.4 Å². The van der Waals surface area contributed by atoms with Crippen LogP contribution in [0.25, 0.3) is 0 Å². The number of benzene rings is 1. The highest BCUT2D eigenvalue weighted by Gasteiger charge is 2.31. The van der Waals surface area contributed by atoms with Gasteiger partial charge in [-0.2, -0.15) is 22.5 Å². The summed E-state index contributed by atoms with van der Waals surface area (Å²) in [5, 5.41) is 0. The van der Waals surface area contributed by atoms with Crippen LogP contribution in [0.3, 0.4) is 0 Å². The molecule has 0 amide bonds. The van der Waals surface area contributed by atoms with Gasteiger partial charge in [-0.05, 0) is 31.7 Å². The van der Waals surface area contributed by atoms with Crippen LogP contribution in [0.15, 0.2) is 30.3 Å². The predicted molar refractivity (Wildman–Crippen MR) is 124 cm³/mol. The first kappa shape index (κ1) is 24.7. The first-order chi connectivity index (χ1) is 16.0. The third kappa shape index (κ3) is 5.78. The molecular weight excluding hydrogens is 469 g/mol. The number of rotatable bonds is 5. The van der Waals surface area contributed by atoms with Crippen LogP contribution < -0.4 is 9.80 Å². The van der Waals surface area contributed by atoms with E-state index in [9.17, 15) is 21.6 Å². The molecule has 4 rings (SSSR count). The Bertz CT molecular complexity index is 1090. The van der Waals surface area contributed by atoms with E-state index in [0.717, 1.165) is 49.8 Å². The summed E-state index contributed by atoms with van der Waals surface area (Å²) in [6.07, 6.45) is -4.45. The number of aryl methyl sites for hydroxylation is 1. The Balaban J connectivity index is 1.39. The van der Waals surface area contributed by atoms with Crippen molar-refractivity contribution in [3.05, 3.63) is 47.2 Å². The molecule has 0 atom stereocenters. The van der Waals surface area contributed by atoms with Gasteiger partial charge in [0, 0.05) is 64.1 Å². The molecule has 0 aliphatic carbocycles. The van der Waals surface area contributed by atoms with Gasteiger partial charge in [0.05, 0.1) is 11.3 Å². The molecule has 0 radical (unpaired) electrons. The number of anilines is 2. The largest absolute Gasteiger partial charge is 0.416 e. The van der Waals surface area contributed by atoms with Gasteiger partial charge in [-0.25, -0.2) is 13.4 Å². The monoisotopic (exact) mass is 498 g/mol. The summed E-state index contributed by atoms with van der Waals surface area (Å²) in [4.78, 5) is 15.8. The van der Waals surface area contributed by atoms with E-state index in [4.69, 9.17) is 4.98 Å². The summed E-state index contributed by atoms with van der Waals surface area (Å²) in [6.45, 7) is 7.06. The van der Waals surface area contributed by atoms with Gasteiger partial charge in [0.25, 0.3) is 0 Å². The van der Waals surface area contributed by atoms with Gasteiger partial charge >= 0.3 is 6.18 Å². The van der Waals surface area contributed by atoms with Gasteiger partial charge in [0.15, 0.2) is 0 Å². The van der Waals surface area contributed by atoms with Crippen molar-refractivity contribution in [2.75, 3.05) is 69.2 Å². The molecule has 186 valence electrons. The number of nitrogens with zero attached hydrogens (tertiary/aromatic N) is 6. The molecule has 34 heavy (non-hydrogen) atoms. The molecule has 0 spiro atoms. The highest BCUT2D eigenvalue weighted by atomic mass is 32.2. The second kappa shape index (κ2) is 9.67. The average molecular weight is 499 g/mol. The second-order valence-electron chi connectivity index (χ2n) is 8.79. The fraction of sp³-hybridized carbons (Fsp3) is 0.545. The smallest absolute Gasteiger partial charge is 0.354 e. The number of sulfonamides is 1. The molecule has 2 aliphatic rings. The van der Waals surface area contributed by atoms with E-state index in [1.807, 2.05) is 17.9 Å². The van der Waals surface area contributed by atoms with Crippen LogP contribution in [-0.2, 0) is 22.0 Å². The van der Waals surface area contributed by atoms with Crippen molar-refractivity contribution >= 4 is 21.8 Å². The molecule has 2 saturated heterocycles. The van der Waals surface area contributed by atoms with Crippen LogP contribution in [-0.4, -0.2) is 87.0 Å². The lowest BCUT2D eigenvalue weighted by Gasteiger charge is -2.36. The molecule has 8 nitrogen and oxygen atoms in total. The minimum atomic E-state index is -4.45. The predicted octanol–water partition coefficient (Wildman–Crippen LogP) is 2.21. The quantitative estimate of drug-likeness (QED) is 0.626. The molecule has 2 fully saturated rings. The van der Waals surface area contributed by atoms with Gasteiger partial charge in [-0.15, -0.1) is 0 Å². The maximum Gasteiger partial charge on any atom is 0.416 e. The van der Waals surface area contributed by atoms with Crippen LogP contribution in [0.4, 0.5) is 24.9 Å². The molecule has 0 N–H and O–H groups in total. The molecule has 12 heteroatoms. The first-order valence-electron chi connectivity index (χ1n) is 11.2. The lowest BCUT2D eigenvalue weighted by atomic mass is 10.1. The second-order valence-corrected chi connectivity index (χ2v) is 10.8. The minimum Gasteiger partial charge on any atom is -0.354 e. The van der Waals surface area contributed by atoms with E-state index in [1.54, 1.807) is 0 Å². The Morgan fingerprint density at radius 1 is 0.882 bits per heavy atom. The molecule has 3 heterocycles. The summed E-state index contributed by atoms with van der Waals surface area (Å²) in [5.41, 5.74) is 0.391. The lowest BCUT2D eigenvalue weighted by Crippen LogP contribution is -2.49. The zero-order valence-electron chi connectivity index (χ0n) is 19.3. The minimum absolute atomic E-state index is 0.268. The number of likely N-dealkylation sites (N-methyl/N-ethyl adjacent to an activating group) is 1.